The van der Waals surface area contributed by atoms with Gasteiger partial charge in [-0.25, -0.2) is 0 Å². The van der Waals surface area contributed by atoms with Crippen LogP contribution in [0, 0.1) is 11.8 Å². The second kappa shape index (κ2) is 11.1. The maximum absolute atomic E-state index is 14.2. The van der Waals surface area contributed by atoms with Crippen LogP contribution in [0.4, 0.5) is 0 Å². The highest BCUT2D eigenvalue weighted by atomic mass is 16.4. The molecule has 1 saturated carbocycles. The van der Waals surface area contributed by atoms with E-state index in [1.165, 1.54) is 4.90 Å². The number of primary amides is 1. The van der Waals surface area contributed by atoms with Crippen molar-refractivity contribution in [3.8, 4) is 0 Å². The highest BCUT2D eigenvalue weighted by Gasteiger charge is 2.62. The van der Waals surface area contributed by atoms with Crippen LogP contribution in [0.25, 0.3) is 0 Å². The van der Waals surface area contributed by atoms with Crippen LogP contribution in [0.3, 0.4) is 0 Å². The number of hydrogen-bond donors (Lipinski definition) is 5. The van der Waals surface area contributed by atoms with Gasteiger partial charge < -0.3 is 31.1 Å². The van der Waals surface area contributed by atoms with E-state index in [0.717, 1.165) is 30.6 Å². The van der Waals surface area contributed by atoms with Crippen LogP contribution in [-0.4, -0.2) is 134 Å². The van der Waals surface area contributed by atoms with Crippen molar-refractivity contribution in [2.75, 3.05) is 41.3 Å². The number of nitrogens with zero attached hydrogens (tertiary/aromatic N) is 4. The van der Waals surface area contributed by atoms with Crippen molar-refractivity contribution in [3.63, 3.8) is 0 Å². The summed E-state index contributed by atoms with van der Waals surface area (Å²) in [5, 5.41) is 46.5. The number of imide groups is 1. The molecule has 0 aromatic heterocycles. The Morgan fingerprint density at radius 3 is 2.07 bits per heavy atom. The van der Waals surface area contributed by atoms with E-state index in [9.17, 15) is 44.4 Å². The SMILES string of the molecule is CN(C)C1=C2CC3CC4[C@H](N(C)C)C(=O)C(C(N)=O)=C(O)[C@@]4(O)C(O)=C3C(O)=C2C(=O)C(N2C(=O)CN(C3CCCC3)CC2=O)C1. The predicted octanol–water partition coefficient (Wildman–Crippen LogP) is -0.0377. The van der Waals surface area contributed by atoms with Crippen LogP contribution in [0.2, 0.25) is 0 Å². The average molecular weight is 640 g/mol. The number of likely N-dealkylation sites (N-methyl/N-ethyl adjacent to an activating group) is 1. The van der Waals surface area contributed by atoms with Crippen LogP contribution in [0.1, 0.15) is 44.9 Å². The Bertz CT molecular complexity index is 1560. The highest BCUT2D eigenvalue weighted by Crippen LogP contribution is 2.55. The molecule has 3 amide bonds. The topological polar surface area (TPSA) is 205 Å². The molecule has 0 bridgehead atoms. The normalized spacial score (nSPS) is 32.9. The minimum absolute atomic E-state index is 0.00108. The van der Waals surface area contributed by atoms with E-state index in [1.807, 2.05) is 4.90 Å². The Hall–Kier alpha value is -4.01. The van der Waals surface area contributed by atoms with Gasteiger partial charge in [0, 0.05) is 43.7 Å². The summed E-state index contributed by atoms with van der Waals surface area (Å²) in [6.07, 6.45) is 4.02. The first-order valence-electron chi connectivity index (χ1n) is 15.7. The van der Waals surface area contributed by atoms with Gasteiger partial charge >= 0.3 is 0 Å². The maximum Gasteiger partial charge on any atom is 0.255 e. The first-order valence-corrected chi connectivity index (χ1v) is 15.7. The molecule has 14 heteroatoms. The molecule has 1 heterocycles. The fourth-order valence-corrected chi connectivity index (χ4v) is 8.73. The van der Waals surface area contributed by atoms with Crippen molar-refractivity contribution in [1.82, 2.24) is 19.6 Å². The molecule has 0 radical (unpaired) electrons. The standard InChI is InChI=1S/C32H41N5O9/c1-34(2)18-11-19(37-20(38)12-36(13-21(37)39)15-7-5-6-8-15)26(40)23-16(18)9-14-10-17-25(35(3)4)28(42)24(31(33)45)30(44)32(17,46)29(43)22(14)27(23)41/h14-15,17,19,25,41,43-44,46H,5-13H2,1-4H3,(H2,33,45)/t14?,17?,19?,25-,32-/m0/s1. The van der Waals surface area contributed by atoms with Crippen LogP contribution in [0.5, 0.6) is 0 Å². The van der Waals surface area contributed by atoms with Crippen molar-refractivity contribution in [1.29, 1.82) is 0 Å². The lowest BCUT2D eigenvalue weighted by Gasteiger charge is -2.51. The van der Waals surface area contributed by atoms with Crippen LogP contribution in [-0.2, 0) is 24.0 Å². The zero-order valence-electron chi connectivity index (χ0n) is 26.4. The number of rotatable bonds is 5. The lowest BCUT2D eigenvalue weighted by molar-refractivity contribution is -0.158. The first kappa shape index (κ1) is 32.0. The van der Waals surface area contributed by atoms with Crippen molar-refractivity contribution in [2.45, 2.75) is 68.7 Å². The van der Waals surface area contributed by atoms with E-state index in [0.29, 0.717) is 11.3 Å². The van der Waals surface area contributed by atoms with Crippen molar-refractivity contribution >= 4 is 29.3 Å². The molecule has 3 unspecified atom stereocenters. The number of aliphatic hydroxyl groups is 4. The number of carbonyl (C=O) groups is 5. The number of nitrogens with two attached hydrogens (primary N) is 1. The Labute approximate surface area is 266 Å². The van der Waals surface area contributed by atoms with Crippen molar-refractivity contribution in [2.24, 2.45) is 17.6 Å². The largest absolute Gasteiger partial charge is 0.508 e. The van der Waals surface area contributed by atoms with E-state index < -0.39 is 81.7 Å². The summed E-state index contributed by atoms with van der Waals surface area (Å²) < 4.78 is 0. The number of piperazine rings is 1. The molecule has 0 spiro atoms. The molecule has 248 valence electrons. The van der Waals surface area contributed by atoms with Crippen molar-refractivity contribution in [3.05, 3.63) is 45.3 Å². The molecule has 6 aliphatic rings. The van der Waals surface area contributed by atoms with Gasteiger partial charge in [-0.3, -0.25) is 38.7 Å². The number of Topliss-reactive ketones (excluding diaryl/α,β-unsaturated/α-hetero) is 2. The summed E-state index contributed by atoms with van der Waals surface area (Å²) >= 11 is 0. The van der Waals surface area contributed by atoms with E-state index in [-0.39, 0.29) is 49.5 Å². The summed E-state index contributed by atoms with van der Waals surface area (Å²) in [5.41, 5.74) is 2.58. The fraction of sp³-hybridized carbons (Fsp3) is 0.594. The molecule has 2 fully saturated rings. The number of aliphatic hydroxyl groups excluding tert-OH is 3. The molecule has 6 N–H and O–H groups in total. The Kier molecular flexibility index (Phi) is 7.68. The summed E-state index contributed by atoms with van der Waals surface area (Å²) in [5.74, 6) is -8.26. The zero-order chi connectivity index (χ0) is 33.6. The van der Waals surface area contributed by atoms with Gasteiger partial charge in [-0.05, 0) is 51.3 Å². The Morgan fingerprint density at radius 2 is 1.52 bits per heavy atom. The van der Waals surface area contributed by atoms with Gasteiger partial charge in [-0.15, -0.1) is 0 Å². The minimum atomic E-state index is -2.67. The van der Waals surface area contributed by atoms with Gasteiger partial charge in [0.05, 0.1) is 24.7 Å². The highest BCUT2D eigenvalue weighted by molar-refractivity contribution is 6.22. The monoisotopic (exact) mass is 639 g/mol. The van der Waals surface area contributed by atoms with Gasteiger partial charge in [0.2, 0.25) is 11.8 Å². The Balaban J connectivity index is 1.47. The minimum Gasteiger partial charge on any atom is -0.508 e. The molecule has 0 aromatic carbocycles. The smallest absolute Gasteiger partial charge is 0.255 e. The third-order valence-electron chi connectivity index (χ3n) is 10.8. The predicted molar refractivity (Wildman–Crippen MR) is 162 cm³/mol. The third-order valence-corrected chi connectivity index (χ3v) is 10.8. The second-order valence-corrected chi connectivity index (χ2v) is 13.8. The number of allylic oxidation sites excluding steroid dienone is 2. The van der Waals surface area contributed by atoms with Gasteiger partial charge in [0.1, 0.15) is 28.9 Å². The zero-order valence-corrected chi connectivity index (χ0v) is 26.4. The maximum atomic E-state index is 14.2. The van der Waals surface area contributed by atoms with Gasteiger partial charge in [-0.2, -0.15) is 0 Å². The molecule has 1 saturated heterocycles. The van der Waals surface area contributed by atoms with Crippen LogP contribution >= 0.6 is 0 Å². The molecular weight excluding hydrogens is 598 g/mol. The lowest BCUT2D eigenvalue weighted by Crippen LogP contribution is -2.63. The molecule has 5 aliphatic carbocycles. The average Bonchev–Trinajstić information content (AvgIpc) is 3.50. The Morgan fingerprint density at radius 1 is 0.913 bits per heavy atom. The first-order chi connectivity index (χ1) is 21.6. The van der Waals surface area contributed by atoms with Crippen molar-refractivity contribution < 1.29 is 44.4 Å². The number of amides is 3. The summed E-state index contributed by atoms with van der Waals surface area (Å²) in [6.45, 7) is 0.00216. The fourth-order valence-electron chi connectivity index (χ4n) is 8.73. The second-order valence-electron chi connectivity index (χ2n) is 13.8. The van der Waals surface area contributed by atoms with Gasteiger partial charge in [0.15, 0.2) is 17.2 Å². The van der Waals surface area contributed by atoms with Crippen LogP contribution < -0.4 is 5.73 Å². The third kappa shape index (κ3) is 4.44. The summed E-state index contributed by atoms with van der Waals surface area (Å²) in [7, 11) is 6.62. The van der Waals surface area contributed by atoms with E-state index in [2.05, 4.69) is 0 Å². The molecule has 5 atom stereocenters. The number of carbonyl (C=O) groups excluding carboxylic acids is 5. The van der Waals surface area contributed by atoms with Crippen LogP contribution in [0.15, 0.2) is 45.3 Å². The summed E-state index contributed by atoms with van der Waals surface area (Å²) in [4.78, 5) is 72.9. The molecule has 6 rings (SSSR count). The molecular formula is C32H41N5O9. The van der Waals surface area contributed by atoms with E-state index >= 15 is 0 Å². The molecule has 46 heavy (non-hydrogen) atoms. The summed E-state index contributed by atoms with van der Waals surface area (Å²) in [6, 6.07) is -2.25. The molecule has 1 aliphatic heterocycles. The van der Waals surface area contributed by atoms with Gasteiger partial charge in [0.25, 0.3) is 5.91 Å². The van der Waals surface area contributed by atoms with Gasteiger partial charge in [-0.1, -0.05) is 12.8 Å². The van der Waals surface area contributed by atoms with E-state index in [4.69, 9.17) is 5.73 Å². The molecule has 14 nitrogen and oxygen atoms in total. The van der Waals surface area contributed by atoms with E-state index in [1.54, 1.807) is 33.1 Å². The number of fused-ring (bicyclic) bond motifs is 3. The quantitative estimate of drug-likeness (QED) is 0.199. The molecule has 0 aromatic rings. The number of hydrogen-bond acceptors (Lipinski definition) is 12. The lowest BCUT2D eigenvalue weighted by atomic mass is 9.58. The number of ketones is 2.